The van der Waals surface area contributed by atoms with Crippen molar-refractivity contribution in [1.82, 2.24) is 5.32 Å². The molecule has 0 aliphatic rings. The summed E-state index contributed by atoms with van der Waals surface area (Å²) >= 11 is 0. The second kappa shape index (κ2) is 6.42. The molecule has 0 radical (unpaired) electrons. The summed E-state index contributed by atoms with van der Waals surface area (Å²) in [5.74, 6) is 0.861. The molecule has 17 heavy (non-hydrogen) atoms. The van der Waals surface area contributed by atoms with Crippen LogP contribution in [0.2, 0.25) is 0 Å². The number of halogens is 1. The zero-order valence-electron chi connectivity index (χ0n) is 10.3. The third-order valence-corrected chi connectivity index (χ3v) is 2.48. The first kappa shape index (κ1) is 13.7. The molecular weight excluding hydrogens is 225 g/mol. The molecule has 5 heteroatoms. The molecule has 0 aliphatic heterocycles. The summed E-state index contributed by atoms with van der Waals surface area (Å²) in [6, 6.07) is 3.15. The molecular formula is C12H18FNO3. The number of hydrogen-bond donors (Lipinski definition) is 2. The van der Waals surface area contributed by atoms with Crippen molar-refractivity contribution in [2.24, 2.45) is 0 Å². The van der Waals surface area contributed by atoms with Crippen LogP contribution in [0.1, 0.15) is 17.2 Å². The number of methoxy groups -OCH3 is 2. The van der Waals surface area contributed by atoms with Crippen molar-refractivity contribution >= 4 is 0 Å². The fraction of sp³-hybridized carbons (Fsp3) is 0.500. The minimum absolute atomic E-state index is 0.356. The summed E-state index contributed by atoms with van der Waals surface area (Å²) in [5, 5.41) is 12.8. The van der Waals surface area contributed by atoms with Gasteiger partial charge in [0.05, 0.1) is 20.3 Å². The highest BCUT2D eigenvalue weighted by Gasteiger charge is 2.18. The van der Waals surface area contributed by atoms with Gasteiger partial charge < -0.3 is 19.9 Å². The Bertz CT molecular complexity index is 371. The Kier molecular flexibility index (Phi) is 5.18. The summed E-state index contributed by atoms with van der Waals surface area (Å²) < 4.78 is 23.0. The Morgan fingerprint density at radius 3 is 2.53 bits per heavy atom. The summed E-state index contributed by atoms with van der Waals surface area (Å²) in [6.07, 6.45) is -0.768. The molecule has 1 aromatic carbocycles. The van der Waals surface area contributed by atoms with Crippen LogP contribution in [0.5, 0.6) is 11.5 Å². The first-order valence-corrected chi connectivity index (χ1v) is 5.31. The van der Waals surface area contributed by atoms with Crippen LogP contribution in [-0.4, -0.2) is 32.9 Å². The minimum Gasteiger partial charge on any atom is -0.493 e. The number of ether oxygens (including phenoxy) is 2. The van der Waals surface area contributed by atoms with E-state index in [1.165, 1.54) is 14.2 Å². The monoisotopic (exact) mass is 243 g/mol. The van der Waals surface area contributed by atoms with Gasteiger partial charge in [-0.05, 0) is 24.7 Å². The van der Waals surface area contributed by atoms with Crippen molar-refractivity contribution in [2.75, 3.05) is 27.8 Å². The summed E-state index contributed by atoms with van der Waals surface area (Å²) in [5.41, 5.74) is 0.974. The molecule has 0 fully saturated rings. The quantitative estimate of drug-likeness (QED) is 0.793. The first-order valence-electron chi connectivity index (χ1n) is 5.31. The van der Waals surface area contributed by atoms with Crippen molar-refractivity contribution in [3.63, 3.8) is 0 Å². The van der Waals surface area contributed by atoms with Gasteiger partial charge in [-0.15, -0.1) is 0 Å². The lowest BCUT2D eigenvalue weighted by Gasteiger charge is -2.18. The van der Waals surface area contributed by atoms with Crippen LogP contribution in [0.15, 0.2) is 12.1 Å². The maximum Gasteiger partial charge on any atom is 0.166 e. The maximum atomic E-state index is 12.7. The first-order chi connectivity index (χ1) is 8.17. The number of aliphatic hydroxyl groups is 1. The normalized spacial score (nSPS) is 12.3. The molecule has 1 aromatic rings. The molecule has 0 saturated heterocycles. The van der Waals surface area contributed by atoms with Gasteiger partial charge in [-0.1, -0.05) is 0 Å². The number of hydrogen-bond acceptors (Lipinski definition) is 4. The van der Waals surface area contributed by atoms with Gasteiger partial charge in [0.15, 0.2) is 11.5 Å². The highest BCUT2D eigenvalue weighted by molar-refractivity contribution is 5.50. The van der Waals surface area contributed by atoms with Gasteiger partial charge in [0, 0.05) is 12.1 Å². The number of alkyl halides is 1. The van der Waals surface area contributed by atoms with Gasteiger partial charge in [-0.3, -0.25) is 0 Å². The Balaban J connectivity index is 3.23. The van der Waals surface area contributed by atoms with E-state index in [1.54, 1.807) is 19.2 Å². The predicted octanol–water partition coefficient (Wildman–Crippen LogP) is 1.43. The van der Waals surface area contributed by atoms with Crippen LogP contribution >= 0.6 is 0 Å². The standard InChI is InChI=1S/C12H18FNO3/c1-14-7-10(15)9-4-8(6-13)5-11(16-2)12(9)17-3/h4-5,10,14-15H,6-7H2,1-3H3. The number of benzene rings is 1. The Morgan fingerprint density at radius 2 is 2.06 bits per heavy atom. The number of rotatable bonds is 6. The summed E-state index contributed by atoms with van der Waals surface area (Å²) in [7, 11) is 4.70. The van der Waals surface area contributed by atoms with Gasteiger partial charge in [0.2, 0.25) is 0 Å². The average molecular weight is 243 g/mol. The van der Waals surface area contributed by atoms with Crippen molar-refractivity contribution < 1.29 is 19.0 Å². The van der Waals surface area contributed by atoms with E-state index in [-0.39, 0.29) is 0 Å². The van der Waals surface area contributed by atoms with Gasteiger partial charge in [-0.2, -0.15) is 0 Å². The topological polar surface area (TPSA) is 50.7 Å². The number of nitrogens with one attached hydrogen (secondary N) is 1. The second-order valence-electron chi connectivity index (χ2n) is 3.63. The minimum atomic E-state index is -0.768. The highest BCUT2D eigenvalue weighted by atomic mass is 19.1. The molecule has 0 bridgehead atoms. The van der Waals surface area contributed by atoms with Crippen LogP contribution in [0.25, 0.3) is 0 Å². The van der Waals surface area contributed by atoms with Crippen LogP contribution in [0, 0.1) is 0 Å². The van der Waals surface area contributed by atoms with Gasteiger partial charge in [-0.25, -0.2) is 4.39 Å². The van der Waals surface area contributed by atoms with Crippen LogP contribution in [-0.2, 0) is 6.67 Å². The fourth-order valence-electron chi connectivity index (χ4n) is 1.68. The lowest BCUT2D eigenvalue weighted by atomic mass is 10.0. The molecule has 0 aromatic heterocycles. The molecule has 1 unspecified atom stereocenters. The second-order valence-corrected chi connectivity index (χ2v) is 3.63. The molecule has 0 heterocycles. The van der Waals surface area contributed by atoms with Crippen LogP contribution in [0.4, 0.5) is 4.39 Å². The highest BCUT2D eigenvalue weighted by Crippen LogP contribution is 2.36. The number of aliphatic hydroxyl groups excluding tert-OH is 1. The summed E-state index contributed by atoms with van der Waals surface area (Å²) in [4.78, 5) is 0. The van der Waals surface area contributed by atoms with E-state index in [0.29, 0.717) is 29.2 Å². The third kappa shape index (κ3) is 3.08. The van der Waals surface area contributed by atoms with E-state index in [1.807, 2.05) is 0 Å². The molecule has 2 N–H and O–H groups in total. The van der Waals surface area contributed by atoms with Crippen molar-refractivity contribution in [3.05, 3.63) is 23.3 Å². The van der Waals surface area contributed by atoms with E-state index in [2.05, 4.69) is 5.32 Å². The largest absolute Gasteiger partial charge is 0.493 e. The molecule has 1 atom stereocenters. The predicted molar refractivity (Wildman–Crippen MR) is 63.2 cm³/mol. The third-order valence-electron chi connectivity index (χ3n) is 2.48. The van der Waals surface area contributed by atoms with Gasteiger partial charge in [0.1, 0.15) is 6.67 Å². The smallest absolute Gasteiger partial charge is 0.166 e. The van der Waals surface area contributed by atoms with E-state index >= 15 is 0 Å². The number of likely N-dealkylation sites (N-methyl/N-ethyl adjacent to an activating group) is 1. The Morgan fingerprint density at radius 1 is 1.35 bits per heavy atom. The van der Waals surface area contributed by atoms with Crippen LogP contribution < -0.4 is 14.8 Å². The van der Waals surface area contributed by atoms with Crippen molar-refractivity contribution in [2.45, 2.75) is 12.8 Å². The summed E-state index contributed by atoms with van der Waals surface area (Å²) in [6.45, 7) is -0.255. The van der Waals surface area contributed by atoms with Gasteiger partial charge in [0.25, 0.3) is 0 Å². The molecule has 0 saturated carbocycles. The molecule has 96 valence electrons. The molecule has 0 spiro atoms. The molecule has 1 rings (SSSR count). The van der Waals surface area contributed by atoms with E-state index in [4.69, 9.17) is 9.47 Å². The van der Waals surface area contributed by atoms with Crippen LogP contribution in [0.3, 0.4) is 0 Å². The van der Waals surface area contributed by atoms with Crippen molar-refractivity contribution in [1.29, 1.82) is 0 Å². The SMILES string of the molecule is CNCC(O)c1cc(CF)cc(OC)c1OC. The zero-order chi connectivity index (χ0) is 12.8. The van der Waals surface area contributed by atoms with E-state index < -0.39 is 12.8 Å². The Hall–Kier alpha value is -1.33. The Labute approximate surface area is 100 Å². The van der Waals surface area contributed by atoms with E-state index in [0.717, 1.165) is 0 Å². The molecule has 0 amide bonds. The fourth-order valence-corrected chi connectivity index (χ4v) is 1.68. The molecule has 4 nitrogen and oxygen atoms in total. The average Bonchev–Trinajstić information content (AvgIpc) is 2.37. The lowest BCUT2D eigenvalue weighted by molar-refractivity contribution is 0.172. The van der Waals surface area contributed by atoms with Crippen molar-refractivity contribution in [3.8, 4) is 11.5 Å². The molecule has 0 aliphatic carbocycles. The lowest BCUT2D eigenvalue weighted by Crippen LogP contribution is -2.17. The van der Waals surface area contributed by atoms with Gasteiger partial charge >= 0.3 is 0 Å². The van der Waals surface area contributed by atoms with E-state index in [9.17, 15) is 9.50 Å². The maximum absolute atomic E-state index is 12.7. The zero-order valence-corrected chi connectivity index (χ0v) is 10.3.